The Morgan fingerprint density at radius 3 is 3.14 bits per heavy atom. The molecule has 1 atom stereocenters. The normalized spacial score (nSPS) is 17.5. The van der Waals surface area contributed by atoms with Crippen molar-refractivity contribution in [1.82, 2.24) is 9.88 Å². The fourth-order valence-corrected chi connectivity index (χ4v) is 3.75. The van der Waals surface area contributed by atoms with Gasteiger partial charge in [0.05, 0.1) is 17.3 Å². The van der Waals surface area contributed by atoms with E-state index in [-0.39, 0.29) is 11.9 Å². The lowest BCUT2D eigenvalue weighted by atomic mass is 10.0. The largest absolute Gasteiger partial charge is 0.331 e. The molecule has 2 aromatic rings. The quantitative estimate of drug-likeness (QED) is 0.660. The SMILES string of the molecule is Cc1cc(NN)c(C(=O)N2CCc3sccc3C2C)cn1. The van der Waals surface area contributed by atoms with Gasteiger partial charge in [-0.2, -0.15) is 0 Å². The number of nitrogens with one attached hydrogen (secondary N) is 1. The lowest BCUT2D eigenvalue weighted by molar-refractivity contribution is 0.0680. The summed E-state index contributed by atoms with van der Waals surface area (Å²) in [5.74, 6) is 5.51. The van der Waals surface area contributed by atoms with Crippen molar-refractivity contribution < 1.29 is 4.79 Å². The summed E-state index contributed by atoms with van der Waals surface area (Å²) < 4.78 is 0. The molecule has 0 saturated carbocycles. The highest BCUT2D eigenvalue weighted by Crippen LogP contribution is 2.34. The molecule has 0 bridgehead atoms. The Balaban J connectivity index is 1.93. The van der Waals surface area contributed by atoms with Gasteiger partial charge >= 0.3 is 0 Å². The van der Waals surface area contributed by atoms with E-state index in [1.165, 1.54) is 10.4 Å². The molecule has 1 aliphatic heterocycles. The van der Waals surface area contributed by atoms with Crippen LogP contribution in [-0.4, -0.2) is 22.3 Å². The zero-order chi connectivity index (χ0) is 15.0. The zero-order valence-corrected chi connectivity index (χ0v) is 12.9. The molecular formula is C15H18N4OS. The molecule has 6 heteroatoms. The minimum Gasteiger partial charge on any atom is -0.331 e. The maximum absolute atomic E-state index is 12.8. The Morgan fingerprint density at radius 2 is 2.38 bits per heavy atom. The summed E-state index contributed by atoms with van der Waals surface area (Å²) in [4.78, 5) is 20.3. The molecule has 0 spiro atoms. The molecule has 3 heterocycles. The first-order valence-electron chi connectivity index (χ1n) is 6.92. The van der Waals surface area contributed by atoms with Crippen LogP contribution in [0.3, 0.4) is 0 Å². The van der Waals surface area contributed by atoms with E-state index in [1.54, 1.807) is 23.6 Å². The summed E-state index contributed by atoms with van der Waals surface area (Å²) in [5, 5.41) is 2.09. The third-order valence-electron chi connectivity index (χ3n) is 3.96. The Hall–Kier alpha value is -1.92. The van der Waals surface area contributed by atoms with Crippen LogP contribution < -0.4 is 11.3 Å². The van der Waals surface area contributed by atoms with Crippen molar-refractivity contribution in [3.63, 3.8) is 0 Å². The number of carbonyl (C=O) groups is 1. The van der Waals surface area contributed by atoms with E-state index >= 15 is 0 Å². The number of hydrogen-bond donors (Lipinski definition) is 2. The van der Waals surface area contributed by atoms with E-state index in [1.807, 2.05) is 11.8 Å². The molecule has 0 aromatic carbocycles. The summed E-state index contributed by atoms with van der Waals surface area (Å²) in [6.07, 6.45) is 2.51. The third-order valence-corrected chi connectivity index (χ3v) is 4.96. The van der Waals surface area contributed by atoms with Crippen LogP contribution >= 0.6 is 11.3 Å². The van der Waals surface area contributed by atoms with Crippen molar-refractivity contribution in [1.29, 1.82) is 0 Å². The van der Waals surface area contributed by atoms with Crippen molar-refractivity contribution in [3.8, 4) is 0 Å². The van der Waals surface area contributed by atoms with E-state index < -0.39 is 0 Å². The number of nitrogens with two attached hydrogens (primary N) is 1. The number of carbonyl (C=O) groups excluding carboxylic acids is 1. The van der Waals surface area contributed by atoms with Gasteiger partial charge < -0.3 is 10.3 Å². The van der Waals surface area contributed by atoms with Gasteiger partial charge in [0.2, 0.25) is 0 Å². The van der Waals surface area contributed by atoms with Gasteiger partial charge in [-0.1, -0.05) is 0 Å². The van der Waals surface area contributed by atoms with Crippen LogP contribution in [0.4, 0.5) is 5.69 Å². The zero-order valence-electron chi connectivity index (χ0n) is 12.1. The molecule has 2 aromatic heterocycles. The Bertz CT molecular complexity index is 682. The van der Waals surface area contributed by atoms with Crippen LogP contribution in [0.5, 0.6) is 0 Å². The Morgan fingerprint density at radius 1 is 1.57 bits per heavy atom. The molecule has 1 amide bonds. The van der Waals surface area contributed by atoms with Gasteiger partial charge in [0.1, 0.15) is 0 Å². The molecule has 3 N–H and O–H groups in total. The lowest BCUT2D eigenvalue weighted by Gasteiger charge is -2.34. The molecule has 110 valence electrons. The van der Waals surface area contributed by atoms with Crippen molar-refractivity contribution in [2.24, 2.45) is 5.84 Å². The highest BCUT2D eigenvalue weighted by Gasteiger charge is 2.30. The maximum atomic E-state index is 12.8. The van der Waals surface area contributed by atoms with Crippen LogP contribution in [0.1, 0.15) is 39.5 Å². The summed E-state index contributed by atoms with van der Waals surface area (Å²) in [6.45, 7) is 4.67. The number of hydrazine groups is 1. The number of fused-ring (bicyclic) bond motifs is 1. The highest BCUT2D eigenvalue weighted by atomic mass is 32.1. The number of rotatable bonds is 2. The number of amides is 1. The van der Waals surface area contributed by atoms with Crippen molar-refractivity contribution in [2.45, 2.75) is 26.3 Å². The predicted octanol–water partition coefficient (Wildman–Crippen LogP) is 2.50. The first-order valence-corrected chi connectivity index (χ1v) is 7.80. The maximum Gasteiger partial charge on any atom is 0.258 e. The monoisotopic (exact) mass is 302 g/mol. The van der Waals surface area contributed by atoms with E-state index in [2.05, 4.69) is 28.8 Å². The molecule has 5 nitrogen and oxygen atoms in total. The number of aromatic nitrogens is 1. The predicted molar refractivity (Wildman–Crippen MR) is 84.3 cm³/mol. The van der Waals surface area contributed by atoms with Gasteiger partial charge in [-0.25, -0.2) is 0 Å². The molecule has 0 saturated heterocycles. The minimum atomic E-state index is -0.0280. The van der Waals surface area contributed by atoms with Crippen LogP contribution in [-0.2, 0) is 6.42 Å². The van der Waals surface area contributed by atoms with E-state index in [0.29, 0.717) is 11.3 Å². The second-order valence-corrected chi connectivity index (χ2v) is 6.24. The molecule has 1 unspecified atom stereocenters. The first-order chi connectivity index (χ1) is 10.1. The topological polar surface area (TPSA) is 71.2 Å². The number of nitrogens with zero attached hydrogens (tertiary/aromatic N) is 2. The fourth-order valence-electron chi connectivity index (χ4n) is 2.79. The molecule has 0 radical (unpaired) electrons. The number of pyridine rings is 1. The minimum absolute atomic E-state index is 0.0280. The van der Waals surface area contributed by atoms with E-state index in [4.69, 9.17) is 5.84 Å². The average molecular weight is 302 g/mol. The van der Waals surface area contributed by atoms with E-state index in [0.717, 1.165) is 18.7 Å². The van der Waals surface area contributed by atoms with Gasteiger partial charge in [0.15, 0.2) is 0 Å². The van der Waals surface area contributed by atoms with Crippen molar-refractivity contribution in [2.75, 3.05) is 12.0 Å². The number of thiophene rings is 1. The van der Waals surface area contributed by atoms with Gasteiger partial charge in [-0.3, -0.25) is 15.6 Å². The summed E-state index contributed by atoms with van der Waals surface area (Å²) in [6, 6.07) is 3.98. The number of hydrogen-bond acceptors (Lipinski definition) is 5. The third kappa shape index (κ3) is 2.41. The Labute approximate surface area is 127 Å². The molecule has 0 aliphatic carbocycles. The molecular weight excluding hydrogens is 284 g/mol. The van der Waals surface area contributed by atoms with E-state index in [9.17, 15) is 4.79 Å². The Kier molecular flexibility index (Phi) is 3.65. The molecule has 3 rings (SSSR count). The highest BCUT2D eigenvalue weighted by molar-refractivity contribution is 7.10. The van der Waals surface area contributed by atoms with Crippen LogP contribution in [0, 0.1) is 6.92 Å². The number of nitrogen functional groups attached to an aromatic ring is 1. The van der Waals surface area contributed by atoms with Crippen molar-refractivity contribution in [3.05, 3.63) is 45.4 Å². The number of anilines is 1. The second-order valence-electron chi connectivity index (χ2n) is 5.24. The fraction of sp³-hybridized carbons (Fsp3) is 0.333. The standard InChI is InChI=1S/C15H18N4OS/c1-9-7-13(18-16)12(8-17-9)15(20)19-5-3-14-11(10(19)2)4-6-21-14/h4,6-8,10H,3,5,16H2,1-2H3,(H,17,18). The van der Waals surface area contributed by atoms with Gasteiger partial charge in [0, 0.05) is 23.3 Å². The van der Waals surface area contributed by atoms with Gasteiger partial charge in [-0.05, 0) is 43.3 Å². The summed E-state index contributed by atoms with van der Waals surface area (Å²) >= 11 is 1.77. The lowest BCUT2D eigenvalue weighted by Crippen LogP contribution is -2.38. The van der Waals surface area contributed by atoms with Gasteiger partial charge in [0.25, 0.3) is 5.91 Å². The molecule has 1 aliphatic rings. The summed E-state index contributed by atoms with van der Waals surface area (Å²) in [5.41, 5.74) is 5.82. The van der Waals surface area contributed by atoms with Gasteiger partial charge in [-0.15, -0.1) is 11.3 Å². The number of aryl methyl sites for hydroxylation is 1. The van der Waals surface area contributed by atoms with Crippen molar-refractivity contribution >= 4 is 22.9 Å². The molecule has 0 fully saturated rings. The summed E-state index contributed by atoms with van der Waals surface area (Å²) in [7, 11) is 0. The van der Waals surface area contributed by atoms with Crippen LogP contribution in [0.25, 0.3) is 0 Å². The smallest absolute Gasteiger partial charge is 0.258 e. The average Bonchev–Trinajstić information content (AvgIpc) is 2.96. The first kappa shape index (κ1) is 14.0. The second kappa shape index (κ2) is 5.46. The van der Waals surface area contributed by atoms with Crippen LogP contribution in [0.15, 0.2) is 23.7 Å². The molecule has 21 heavy (non-hydrogen) atoms. The van der Waals surface area contributed by atoms with Crippen LogP contribution in [0.2, 0.25) is 0 Å².